The second kappa shape index (κ2) is 19.2. The molecule has 41 heavy (non-hydrogen) atoms. The molecule has 0 N–H and O–H groups in total. The van der Waals surface area contributed by atoms with Crippen molar-refractivity contribution in [2.24, 2.45) is 0 Å². The van der Waals surface area contributed by atoms with Crippen molar-refractivity contribution in [2.75, 3.05) is 26.4 Å². The summed E-state index contributed by atoms with van der Waals surface area (Å²) in [4.78, 5) is 0. The molecular formula is C28H41Cl2FO8P2. The van der Waals surface area contributed by atoms with Gasteiger partial charge in [-0.3, -0.25) is 18.1 Å². The molecule has 0 saturated heterocycles. The number of phosphoric acid groups is 2. The Morgan fingerprint density at radius 3 is 1.73 bits per heavy atom. The Kier molecular flexibility index (Phi) is 16.9. The molecule has 0 amide bonds. The summed E-state index contributed by atoms with van der Waals surface area (Å²) >= 11 is 12.1. The van der Waals surface area contributed by atoms with E-state index in [1.54, 1.807) is 12.1 Å². The van der Waals surface area contributed by atoms with Crippen molar-refractivity contribution in [3.05, 3.63) is 57.8 Å². The minimum Gasteiger partial charge on any atom is -0.404 e. The van der Waals surface area contributed by atoms with Gasteiger partial charge in [0.15, 0.2) is 0 Å². The van der Waals surface area contributed by atoms with Crippen LogP contribution in [0.2, 0.25) is 10.0 Å². The van der Waals surface area contributed by atoms with Crippen molar-refractivity contribution in [1.29, 1.82) is 0 Å². The van der Waals surface area contributed by atoms with Crippen LogP contribution in [0.4, 0.5) is 4.39 Å². The van der Waals surface area contributed by atoms with E-state index in [-0.39, 0.29) is 42.9 Å². The molecule has 0 radical (unpaired) electrons. The third-order valence-corrected chi connectivity index (χ3v) is 9.06. The number of hydrogen-bond donors (Lipinski definition) is 0. The van der Waals surface area contributed by atoms with Gasteiger partial charge in [-0.15, -0.1) is 0 Å². The molecule has 0 saturated carbocycles. The zero-order valence-corrected chi connectivity index (χ0v) is 27.3. The molecule has 13 heteroatoms. The Bertz CT molecular complexity index is 1140. The van der Waals surface area contributed by atoms with E-state index in [0.29, 0.717) is 49.1 Å². The summed E-state index contributed by atoms with van der Waals surface area (Å²) in [6.07, 6.45) is 6.01. The fourth-order valence-corrected chi connectivity index (χ4v) is 6.37. The number of phosphoric ester groups is 2. The molecule has 1 unspecified atom stereocenters. The lowest BCUT2D eigenvalue weighted by molar-refractivity contribution is 0.150. The van der Waals surface area contributed by atoms with Crippen molar-refractivity contribution in [3.8, 4) is 11.5 Å². The standard InChI is InChI=1S/C28H41Cl2FO8P2/c1-4-7-17-34-40(32,35-18-8-5-2)38-25-15-13-23(27(31)22-25)12-10-11-20-37-41(33,36-19-9-6-3)39-28-16-14-24(29)21-26(28)30/h13-16,21-22H,4-12,17-20H2,1-3H3. The SMILES string of the molecule is CCCCOP(=O)(OCCCC)Oc1ccc(CCCCOP(=O)(OCCCC)Oc2ccc(Cl)cc2Cl)c(F)c1. The van der Waals surface area contributed by atoms with Crippen LogP contribution in [-0.4, -0.2) is 26.4 Å². The van der Waals surface area contributed by atoms with Crippen LogP contribution in [0.1, 0.15) is 77.7 Å². The van der Waals surface area contributed by atoms with Crippen molar-refractivity contribution in [3.63, 3.8) is 0 Å². The molecular weight excluding hydrogens is 616 g/mol. The highest BCUT2D eigenvalue weighted by atomic mass is 35.5. The lowest BCUT2D eigenvalue weighted by atomic mass is 10.1. The number of hydrogen-bond acceptors (Lipinski definition) is 8. The minimum atomic E-state index is -3.95. The van der Waals surface area contributed by atoms with Gasteiger partial charge in [0.05, 0.1) is 31.5 Å². The zero-order valence-electron chi connectivity index (χ0n) is 24.0. The van der Waals surface area contributed by atoms with Crippen LogP contribution in [0.15, 0.2) is 36.4 Å². The summed E-state index contributed by atoms with van der Waals surface area (Å²) in [7, 11) is -7.82. The minimum absolute atomic E-state index is 0.0603. The predicted molar refractivity (Wildman–Crippen MR) is 161 cm³/mol. The van der Waals surface area contributed by atoms with Crippen molar-refractivity contribution < 1.29 is 40.7 Å². The molecule has 0 bridgehead atoms. The second-order valence-corrected chi connectivity index (χ2v) is 13.3. The van der Waals surface area contributed by atoms with Crippen molar-refractivity contribution in [1.82, 2.24) is 0 Å². The van der Waals surface area contributed by atoms with Gasteiger partial charge in [-0.05, 0) is 68.4 Å². The first-order valence-electron chi connectivity index (χ1n) is 14.0. The van der Waals surface area contributed by atoms with Crippen molar-refractivity contribution >= 4 is 38.8 Å². The molecule has 0 aromatic heterocycles. The summed E-state index contributed by atoms with van der Waals surface area (Å²) < 4.78 is 73.9. The third-order valence-electron chi connectivity index (χ3n) is 5.68. The molecule has 2 aromatic rings. The number of benzene rings is 2. The number of halogens is 3. The fraction of sp³-hybridized carbons (Fsp3) is 0.571. The predicted octanol–water partition coefficient (Wildman–Crippen LogP) is 10.6. The van der Waals surface area contributed by atoms with E-state index in [4.69, 9.17) is 50.3 Å². The first kappa shape index (κ1) is 36.0. The van der Waals surface area contributed by atoms with E-state index in [9.17, 15) is 13.5 Å². The van der Waals surface area contributed by atoms with Crippen LogP contribution in [0, 0.1) is 5.82 Å². The highest BCUT2D eigenvalue weighted by Gasteiger charge is 2.30. The van der Waals surface area contributed by atoms with E-state index >= 15 is 0 Å². The number of unbranched alkanes of at least 4 members (excludes halogenated alkanes) is 4. The molecule has 0 fully saturated rings. The van der Waals surface area contributed by atoms with Crippen LogP contribution in [0.25, 0.3) is 0 Å². The average Bonchev–Trinajstić information content (AvgIpc) is 2.92. The Morgan fingerprint density at radius 2 is 1.22 bits per heavy atom. The second-order valence-electron chi connectivity index (χ2n) is 9.26. The summed E-state index contributed by atoms with van der Waals surface area (Å²) in [5.74, 6) is -0.309. The van der Waals surface area contributed by atoms with Crippen LogP contribution in [0.3, 0.4) is 0 Å². The van der Waals surface area contributed by atoms with Gasteiger partial charge >= 0.3 is 15.6 Å². The molecule has 0 heterocycles. The first-order valence-corrected chi connectivity index (χ1v) is 17.7. The largest absolute Gasteiger partial charge is 0.530 e. The summed E-state index contributed by atoms with van der Waals surface area (Å²) in [6.45, 7) is 6.64. The fourth-order valence-electron chi connectivity index (χ4n) is 3.32. The van der Waals surface area contributed by atoms with Crippen LogP contribution in [-0.2, 0) is 33.6 Å². The normalized spacial score (nSPS) is 13.2. The van der Waals surface area contributed by atoms with Gasteiger partial charge in [0.25, 0.3) is 0 Å². The van der Waals surface area contributed by atoms with Gasteiger partial charge in [-0.2, -0.15) is 0 Å². The topological polar surface area (TPSA) is 89.5 Å². The first-order chi connectivity index (χ1) is 19.6. The molecule has 0 aliphatic heterocycles. The van der Waals surface area contributed by atoms with E-state index in [2.05, 4.69) is 0 Å². The van der Waals surface area contributed by atoms with Crippen LogP contribution in [0.5, 0.6) is 11.5 Å². The molecule has 0 aliphatic carbocycles. The van der Waals surface area contributed by atoms with E-state index in [1.807, 2.05) is 20.8 Å². The van der Waals surface area contributed by atoms with E-state index < -0.39 is 21.5 Å². The lowest BCUT2D eigenvalue weighted by Gasteiger charge is -2.19. The third kappa shape index (κ3) is 13.8. The monoisotopic (exact) mass is 656 g/mol. The molecule has 0 spiro atoms. The lowest BCUT2D eigenvalue weighted by Crippen LogP contribution is -2.06. The van der Waals surface area contributed by atoms with Gasteiger partial charge in [-0.1, -0.05) is 69.3 Å². The Labute approximate surface area is 253 Å². The van der Waals surface area contributed by atoms with E-state index in [1.165, 1.54) is 24.3 Å². The van der Waals surface area contributed by atoms with Gasteiger partial charge < -0.3 is 9.05 Å². The zero-order chi connectivity index (χ0) is 30.1. The van der Waals surface area contributed by atoms with Crippen LogP contribution < -0.4 is 9.05 Å². The summed E-state index contributed by atoms with van der Waals surface area (Å²) in [5, 5.41) is 0.589. The summed E-state index contributed by atoms with van der Waals surface area (Å²) in [6, 6.07) is 8.79. The number of rotatable bonds is 22. The maximum absolute atomic E-state index is 14.8. The Morgan fingerprint density at radius 1 is 0.683 bits per heavy atom. The summed E-state index contributed by atoms with van der Waals surface area (Å²) in [5.41, 5.74) is 0.442. The maximum Gasteiger partial charge on any atom is 0.530 e. The maximum atomic E-state index is 14.8. The van der Waals surface area contributed by atoms with E-state index in [0.717, 1.165) is 19.3 Å². The molecule has 1 atom stereocenters. The highest BCUT2D eigenvalue weighted by Crippen LogP contribution is 2.52. The molecule has 2 aromatic carbocycles. The van der Waals surface area contributed by atoms with Gasteiger partial charge in [-0.25, -0.2) is 13.5 Å². The molecule has 8 nitrogen and oxygen atoms in total. The van der Waals surface area contributed by atoms with Gasteiger partial charge in [0, 0.05) is 11.1 Å². The van der Waals surface area contributed by atoms with Crippen LogP contribution >= 0.6 is 38.8 Å². The quantitative estimate of drug-likeness (QED) is 0.0913. The Hall–Kier alpha value is -1.15. The van der Waals surface area contributed by atoms with Gasteiger partial charge in [0.1, 0.15) is 17.3 Å². The molecule has 0 aliphatic rings. The average molecular weight is 657 g/mol. The number of aryl methyl sites for hydroxylation is 1. The molecule has 2 rings (SSSR count). The van der Waals surface area contributed by atoms with Crippen molar-refractivity contribution in [2.45, 2.75) is 78.6 Å². The Balaban J connectivity index is 1.92. The highest BCUT2D eigenvalue weighted by molar-refractivity contribution is 7.49. The molecule has 232 valence electrons. The van der Waals surface area contributed by atoms with Gasteiger partial charge in [0.2, 0.25) is 0 Å². The smallest absolute Gasteiger partial charge is 0.404 e.